The molecule has 0 bridgehead atoms. The summed E-state index contributed by atoms with van der Waals surface area (Å²) in [6.07, 6.45) is 2.82. The summed E-state index contributed by atoms with van der Waals surface area (Å²) < 4.78 is 13.1. The van der Waals surface area contributed by atoms with E-state index in [1.54, 1.807) is 6.07 Å². The highest BCUT2D eigenvalue weighted by Gasteiger charge is 2.07. The van der Waals surface area contributed by atoms with Crippen LogP contribution in [0.15, 0.2) is 18.2 Å². The van der Waals surface area contributed by atoms with Gasteiger partial charge >= 0.3 is 0 Å². The van der Waals surface area contributed by atoms with Crippen LogP contribution in [0.2, 0.25) is 5.02 Å². The van der Waals surface area contributed by atoms with Crippen LogP contribution in [0.3, 0.4) is 0 Å². The molecule has 16 heavy (non-hydrogen) atoms. The maximum Gasteiger partial charge on any atom is 0.142 e. The van der Waals surface area contributed by atoms with Crippen molar-refractivity contribution in [2.24, 2.45) is 11.7 Å². The van der Waals surface area contributed by atoms with Crippen molar-refractivity contribution in [3.63, 3.8) is 0 Å². The summed E-state index contributed by atoms with van der Waals surface area (Å²) in [6.45, 7) is 4.24. The van der Waals surface area contributed by atoms with E-state index in [0.717, 1.165) is 24.8 Å². The number of nitrogens with two attached hydrogens (primary N) is 1. The van der Waals surface area contributed by atoms with E-state index < -0.39 is 0 Å². The minimum Gasteiger partial charge on any atom is -0.327 e. The van der Waals surface area contributed by atoms with Crippen molar-refractivity contribution in [3.05, 3.63) is 34.6 Å². The predicted molar refractivity (Wildman–Crippen MR) is 67.2 cm³/mol. The lowest BCUT2D eigenvalue weighted by molar-refractivity contribution is 0.452. The van der Waals surface area contributed by atoms with Crippen LogP contribution in [-0.2, 0) is 6.42 Å². The smallest absolute Gasteiger partial charge is 0.142 e. The Balaban J connectivity index is 2.40. The van der Waals surface area contributed by atoms with Crippen LogP contribution in [0.1, 0.15) is 32.3 Å². The second-order valence-corrected chi connectivity index (χ2v) is 4.96. The molecule has 2 N–H and O–H groups in total. The third kappa shape index (κ3) is 4.11. The average molecular weight is 244 g/mol. The molecule has 0 amide bonds. The fourth-order valence-electron chi connectivity index (χ4n) is 1.57. The summed E-state index contributed by atoms with van der Waals surface area (Å²) in [5, 5.41) is 0.183. The van der Waals surface area contributed by atoms with Crippen LogP contribution in [0, 0.1) is 11.7 Å². The van der Waals surface area contributed by atoms with Gasteiger partial charge in [-0.15, -0.1) is 0 Å². The normalized spacial score (nSPS) is 13.1. The molecule has 1 aromatic rings. The number of rotatable bonds is 5. The van der Waals surface area contributed by atoms with Crippen LogP contribution >= 0.6 is 11.6 Å². The van der Waals surface area contributed by atoms with E-state index in [9.17, 15) is 4.39 Å². The first-order valence-electron chi connectivity index (χ1n) is 5.70. The van der Waals surface area contributed by atoms with E-state index in [0.29, 0.717) is 5.92 Å². The maximum atomic E-state index is 13.1. The Bertz CT molecular complexity index is 339. The van der Waals surface area contributed by atoms with Crippen molar-refractivity contribution >= 4 is 11.6 Å². The lowest BCUT2D eigenvalue weighted by atomic mass is 9.98. The maximum absolute atomic E-state index is 13.1. The molecule has 0 radical (unpaired) electrons. The topological polar surface area (TPSA) is 26.0 Å². The Kier molecular flexibility index (Phi) is 5.23. The molecule has 1 atom stereocenters. The lowest BCUT2D eigenvalue weighted by Crippen LogP contribution is -2.26. The summed E-state index contributed by atoms with van der Waals surface area (Å²) in [6, 6.07) is 5.21. The summed E-state index contributed by atoms with van der Waals surface area (Å²) >= 11 is 5.61. The van der Waals surface area contributed by atoms with Gasteiger partial charge in [-0.1, -0.05) is 31.5 Å². The Morgan fingerprint density at radius 2 is 2.06 bits per heavy atom. The number of halogens is 2. The fourth-order valence-corrected chi connectivity index (χ4v) is 1.69. The molecule has 0 aromatic heterocycles. The van der Waals surface area contributed by atoms with Crippen LogP contribution in [0.25, 0.3) is 0 Å². The molecule has 0 heterocycles. The molecule has 3 heteroatoms. The van der Waals surface area contributed by atoms with Gasteiger partial charge < -0.3 is 5.73 Å². The molecule has 0 fully saturated rings. The largest absolute Gasteiger partial charge is 0.327 e. The van der Waals surface area contributed by atoms with E-state index in [-0.39, 0.29) is 16.9 Å². The van der Waals surface area contributed by atoms with E-state index in [1.807, 2.05) is 6.07 Å². The zero-order valence-corrected chi connectivity index (χ0v) is 10.6. The summed E-state index contributed by atoms with van der Waals surface area (Å²) in [5.41, 5.74) is 6.92. The first kappa shape index (κ1) is 13.5. The first-order chi connectivity index (χ1) is 7.50. The third-order valence-electron chi connectivity index (χ3n) is 2.84. The predicted octanol–water partition coefficient (Wildman–Crippen LogP) is 3.79. The molecule has 0 aliphatic rings. The number of benzene rings is 1. The van der Waals surface area contributed by atoms with Gasteiger partial charge in [0.05, 0.1) is 5.02 Å². The Labute approximate surface area is 102 Å². The molecule has 0 saturated carbocycles. The molecule has 1 unspecified atom stereocenters. The monoisotopic (exact) mass is 243 g/mol. The molecule has 1 aromatic carbocycles. The van der Waals surface area contributed by atoms with Gasteiger partial charge in [0.1, 0.15) is 5.82 Å². The van der Waals surface area contributed by atoms with Gasteiger partial charge in [0.15, 0.2) is 0 Å². The molecule has 0 saturated heterocycles. The average Bonchev–Trinajstić information content (AvgIpc) is 2.23. The first-order valence-corrected chi connectivity index (χ1v) is 6.08. The van der Waals surface area contributed by atoms with Crippen LogP contribution in [0.4, 0.5) is 4.39 Å². The summed E-state index contributed by atoms with van der Waals surface area (Å²) in [4.78, 5) is 0. The molecular formula is C13H19ClFN. The summed E-state index contributed by atoms with van der Waals surface area (Å²) in [5.74, 6) is 0.161. The summed E-state index contributed by atoms with van der Waals surface area (Å²) in [7, 11) is 0. The zero-order valence-electron chi connectivity index (χ0n) is 9.84. The van der Waals surface area contributed by atoms with Crippen LogP contribution in [-0.4, -0.2) is 6.04 Å². The van der Waals surface area contributed by atoms with Crippen molar-refractivity contribution in [3.8, 4) is 0 Å². The van der Waals surface area contributed by atoms with E-state index >= 15 is 0 Å². The molecule has 0 aliphatic heterocycles. The molecule has 1 nitrogen and oxygen atoms in total. The van der Waals surface area contributed by atoms with Gasteiger partial charge in [0.25, 0.3) is 0 Å². The number of hydrogen-bond acceptors (Lipinski definition) is 1. The van der Waals surface area contributed by atoms with Crippen LogP contribution in [0.5, 0.6) is 0 Å². The van der Waals surface area contributed by atoms with E-state index in [2.05, 4.69) is 13.8 Å². The second-order valence-electron chi connectivity index (χ2n) is 4.55. The highest BCUT2D eigenvalue weighted by molar-refractivity contribution is 6.30. The lowest BCUT2D eigenvalue weighted by Gasteiger charge is -2.14. The molecule has 0 spiro atoms. The van der Waals surface area contributed by atoms with Gasteiger partial charge in [-0.25, -0.2) is 4.39 Å². The van der Waals surface area contributed by atoms with Crippen molar-refractivity contribution in [2.45, 2.75) is 39.2 Å². The quantitative estimate of drug-likeness (QED) is 0.837. The van der Waals surface area contributed by atoms with Crippen molar-refractivity contribution in [2.75, 3.05) is 0 Å². The molecular weight excluding hydrogens is 225 g/mol. The minimum absolute atomic E-state index is 0.183. The van der Waals surface area contributed by atoms with Crippen LogP contribution < -0.4 is 5.73 Å². The van der Waals surface area contributed by atoms with E-state index in [4.69, 9.17) is 17.3 Å². The molecule has 0 aliphatic carbocycles. The standard InChI is InChI=1S/C13H19ClFN/c1-9(2)13(16)5-3-4-10-6-7-11(14)12(15)8-10/h6-9,13H,3-5,16H2,1-2H3. The third-order valence-corrected chi connectivity index (χ3v) is 3.15. The van der Waals surface area contributed by atoms with Gasteiger partial charge in [-0.3, -0.25) is 0 Å². The van der Waals surface area contributed by atoms with Gasteiger partial charge in [0, 0.05) is 6.04 Å². The molecule has 90 valence electrons. The minimum atomic E-state index is -0.340. The van der Waals surface area contributed by atoms with Crippen molar-refractivity contribution < 1.29 is 4.39 Å². The van der Waals surface area contributed by atoms with Crippen molar-refractivity contribution in [1.82, 2.24) is 0 Å². The fraction of sp³-hybridized carbons (Fsp3) is 0.538. The van der Waals surface area contributed by atoms with Gasteiger partial charge in [0.2, 0.25) is 0 Å². The highest BCUT2D eigenvalue weighted by Crippen LogP contribution is 2.17. The number of aryl methyl sites for hydroxylation is 1. The number of hydrogen-bond donors (Lipinski definition) is 1. The Morgan fingerprint density at radius 3 is 2.62 bits per heavy atom. The highest BCUT2D eigenvalue weighted by atomic mass is 35.5. The van der Waals surface area contributed by atoms with Crippen molar-refractivity contribution in [1.29, 1.82) is 0 Å². The Morgan fingerprint density at radius 1 is 1.38 bits per heavy atom. The molecule has 1 rings (SSSR count). The SMILES string of the molecule is CC(C)C(N)CCCc1ccc(Cl)c(F)c1. The second kappa shape index (κ2) is 6.21. The van der Waals surface area contributed by atoms with E-state index in [1.165, 1.54) is 6.07 Å². The zero-order chi connectivity index (χ0) is 12.1. The Hall–Kier alpha value is -0.600. The van der Waals surface area contributed by atoms with Gasteiger partial charge in [-0.2, -0.15) is 0 Å². The van der Waals surface area contributed by atoms with Gasteiger partial charge in [-0.05, 0) is 42.9 Å².